The summed E-state index contributed by atoms with van der Waals surface area (Å²) in [5.74, 6) is -0.752. The Kier molecular flexibility index (Phi) is 5.01. The normalized spacial score (nSPS) is 31.4. The monoisotopic (exact) mass is 254 g/mol. The number of nitrogens with zero attached hydrogens (tertiary/aromatic N) is 2. The van der Waals surface area contributed by atoms with Gasteiger partial charge in [0.2, 0.25) is 0 Å². The van der Waals surface area contributed by atoms with E-state index in [1.54, 1.807) is 0 Å². The molecule has 2 fully saturated rings. The van der Waals surface area contributed by atoms with Crippen LogP contribution in [-0.2, 0) is 4.79 Å². The molecule has 2 aliphatic rings. The first-order chi connectivity index (χ1) is 8.66. The van der Waals surface area contributed by atoms with Crippen molar-refractivity contribution < 1.29 is 9.90 Å². The third kappa shape index (κ3) is 3.69. The number of carboxylic acids is 1. The van der Waals surface area contributed by atoms with Crippen molar-refractivity contribution in [2.24, 2.45) is 5.92 Å². The lowest BCUT2D eigenvalue weighted by Crippen LogP contribution is -2.42. The van der Waals surface area contributed by atoms with Crippen molar-refractivity contribution in [2.75, 3.05) is 33.2 Å². The number of hydrogen-bond acceptors (Lipinski definition) is 3. The number of carboxylic acid groups (broad SMARTS) is 1. The van der Waals surface area contributed by atoms with E-state index in [9.17, 15) is 4.79 Å². The summed E-state index contributed by atoms with van der Waals surface area (Å²) in [5.41, 5.74) is 0. The van der Waals surface area contributed by atoms with Gasteiger partial charge in [0.1, 0.15) is 0 Å². The SMILES string of the molecule is CN1CCCCC1CCN1CCCC(C(=O)O)C1. The summed E-state index contributed by atoms with van der Waals surface area (Å²) in [6.45, 7) is 4.13. The molecule has 2 saturated heterocycles. The molecular weight excluding hydrogens is 228 g/mol. The zero-order valence-corrected chi connectivity index (χ0v) is 11.5. The van der Waals surface area contributed by atoms with Crippen LogP contribution >= 0.6 is 0 Å². The van der Waals surface area contributed by atoms with E-state index in [1.165, 1.54) is 32.2 Å². The average molecular weight is 254 g/mol. The van der Waals surface area contributed by atoms with Gasteiger partial charge in [-0.15, -0.1) is 0 Å². The fourth-order valence-electron chi connectivity index (χ4n) is 3.30. The number of likely N-dealkylation sites (tertiary alicyclic amines) is 2. The van der Waals surface area contributed by atoms with Crippen LogP contribution in [0.4, 0.5) is 0 Å². The van der Waals surface area contributed by atoms with Gasteiger partial charge in [-0.2, -0.15) is 0 Å². The Labute approximate surface area is 110 Å². The molecule has 18 heavy (non-hydrogen) atoms. The van der Waals surface area contributed by atoms with Gasteiger partial charge in [-0.25, -0.2) is 0 Å². The molecule has 1 N–H and O–H groups in total. The van der Waals surface area contributed by atoms with Gasteiger partial charge in [-0.1, -0.05) is 6.42 Å². The number of piperidine rings is 2. The molecule has 0 bridgehead atoms. The molecule has 2 aliphatic heterocycles. The van der Waals surface area contributed by atoms with Gasteiger partial charge >= 0.3 is 5.97 Å². The van der Waals surface area contributed by atoms with Crippen molar-refractivity contribution in [3.05, 3.63) is 0 Å². The van der Waals surface area contributed by atoms with E-state index in [-0.39, 0.29) is 5.92 Å². The largest absolute Gasteiger partial charge is 0.481 e. The molecule has 0 radical (unpaired) electrons. The van der Waals surface area contributed by atoms with Crippen LogP contribution in [0, 0.1) is 5.92 Å². The predicted molar refractivity (Wildman–Crippen MR) is 71.7 cm³/mol. The molecule has 0 aromatic carbocycles. The van der Waals surface area contributed by atoms with Crippen LogP contribution in [0.2, 0.25) is 0 Å². The minimum atomic E-state index is -0.616. The topological polar surface area (TPSA) is 43.8 Å². The van der Waals surface area contributed by atoms with Crippen molar-refractivity contribution in [1.82, 2.24) is 9.80 Å². The molecule has 0 aromatic rings. The van der Waals surface area contributed by atoms with Crippen LogP contribution in [0.15, 0.2) is 0 Å². The zero-order chi connectivity index (χ0) is 13.0. The van der Waals surface area contributed by atoms with E-state index in [0.717, 1.165) is 32.5 Å². The van der Waals surface area contributed by atoms with Gasteiger partial charge in [0, 0.05) is 12.6 Å². The highest BCUT2D eigenvalue weighted by Gasteiger charge is 2.26. The second kappa shape index (κ2) is 6.53. The summed E-state index contributed by atoms with van der Waals surface area (Å²) in [6, 6.07) is 0.712. The molecule has 4 heteroatoms. The Hall–Kier alpha value is -0.610. The van der Waals surface area contributed by atoms with Gasteiger partial charge in [0.15, 0.2) is 0 Å². The molecule has 0 saturated carbocycles. The maximum absolute atomic E-state index is 11.0. The molecule has 0 aliphatic carbocycles. The van der Waals surface area contributed by atoms with Crippen LogP contribution < -0.4 is 0 Å². The smallest absolute Gasteiger partial charge is 0.307 e. The Balaban J connectivity index is 1.74. The first-order valence-electron chi connectivity index (χ1n) is 7.32. The molecule has 104 valence electrons. The highest BCUT2D eigenvalue weighted by molar-refractivity contribution is 5.70. The quantitative estimate of drug-likeness (QED) is 0.828. The Bertz CT molecular complexity index is 283. The fourth-order valence-corrected chi connectivity index (χ4v) is 3.30. The summed E-state index contributed by atoms with van der Waals surface area (Å²) in [4.78, 5) is 15.8. The Morgan fingerprint density at radius 3 is 2.78 bits per heavy atom. The number of carbonyl (C=O) groups is 1. The van der Waals surface area contributed by atoms with Gasteiger partial charge in [-0.05, 0) is 58.8 Å². The standard InChI is InChI=1S/C14H26N2O2/c1-15-8-3-2-6-13(15)7-10-16-9-4-5-12(11-16)14(17)18/h12-13H,2-11H2,1H3,(H,17,18). The van der Waals surface area contributed by atoms with Gasteiger partial charge in [0.25, 0.3) is 0 Å². The molecule has 0 aromatic heterocycles. The minimum absolute atomic E-state index is 0.136. The average Bonchev–Trinajstić information content (AvgIpc) is 2.38. The number of aliphatic carboxylic acids is 1. The Morgan fingerprint density at radius 2 is 2.06 bits per heavy atom. The summed E-state index contributed by atoms with van der Waals surface area (Å²) < 4.78 is 0. The van der Waals surface area contributed by atoms with Gasteiger partial charge in [0.05, 0.1) is 5.92 Å². The highest BCUT2D eigenvalue weighted by atomic mass is 16.4. The molecule has 2 atom stereocenters. The molecule has 2 unspecified atom stereocenters. The summed E-state index contributed by atoms with van der Waals surface area (Å²) >= 11 is 0. The van der Waals surface area contributed by atoms with Gasteiger partial charge in [-0.3, -0.25) is 4.79 Å². The first-order valence-corrected chi connectivity index (χ1v) is 7.32. The second-order valence-electron chi connectivity index (χ2n) is 5.90. The van der Waals surface area contributed by atoms with Crippen molar-refractivity contribution in [3.8, 4) is 0 Å². The fraction of sp³-hybridized carbons (Fsp3) is 0.929. The molecule has 2 heterocycles. The molecular formula is C14H26N2O2. The molecule has 4 nitrogen and oxygen atoms in total. The predicted octanol–water partition coefficient (Wildman–Crippen LogP) is 1.66. The van der Waals surface area contributed by atoms with Crippen molar-refractivity contribution in [1.29, 1.82) is 0 Å². The van der Waals surface area contributed by atoms with Crippen LogP contribution in [0.3, 0.4) is 0 Å². The summed E-state index contributed by atoms with van der Waals surface area (Å²) in [7, 11) is 2.22. The maximum Gasteiger partial charge on any atom is 0.307 e. The number of rotatable bonds is 4. The zero-order valence-electron chi connectivity index (χ0n) is 11.5. The van der Waals surface area contributed by atoms with Crippen LogP contribution in [-0.4, -0.2) is 60.1 Å². The lowest BCUT2D eigenvalue weighted by molar-refractivity contribution is -0.143. The highest BCUT2D eigenvalue weighted by Crippen LogP contribution is 2.21. The first kappa shape index (κ1) is 13.8. The second-order valence-corrected chi connectivity index (χ2v) is 5.90. The molecule has 0 amide bonds. The third-order valence-corrected chi connectivity index (χ3v) is 4.55. The van der Waals surface area contributed by atoms with Crippen LogP contribution in [0.25, 0.3) is 0 Å². The summed E-state index contributed by atoms with van der Waals surface area (Å²) in [6.07, 6.45) is 7.09. The van der Waals surface area contributed by atoms with Crippen LogP contribution in [0.5, 0.6) is 0 Å². The van der Waals surface area contributed by atoms with Crippen molar-refractivity contribution in [3.63, 3.8) is 0 Å². The van der Waals surface area contributed by atoms with Gasteiger partial charge < -0.3 is 14.9 Å². The minimum Gasteiger partial charge on any atom is -0.481 e. The lowest BCUT2D eigenvalue weighted by atomic mass is 9.96. The van der Waals surface area contributed by atoms with E-state index in [4.69, 9.17) is 5.11 Å². The number of hydrogen-bond donors (Lipinski definition) is 1. The lowest BCUT2D eigenvalue weighted by Gasteiger charge is -2.36. The van der Waals surface area contributed by atoms with E-state index in [2.05, 4.69) is 16.8 Å². The third-order valence-electron chi connectivity index (χ3n) is 4.55. The van der Waals surface area contributed by atoms with E-state index in [0.29, 0.717) is 6.04 Å². The van der Waals surface area contributed by atoms with Crippen molar-refractivity contribution in [2.45, 2.75) is 44.6 Å². The van der Waals surface area contributed by atoms with Crippen molar-refractivity contribution >= 4 is 5.97 Å². The Morgan fingerprint density at radius 1 is 1.22 bits per heavy atom. The maximum atomic E-state index is 11.0. The van der Waals surface area contributed by atoms with E-state index < -0.39 is 5.97 Å². The van der Waals surface area contributed by atoms with E-state index >= 15 is 0 Å². The van der Waals surface area contributed by atoms with Crippen LogP contribution in [0.1, 0.15) is 38.5 Å². The summed E-state index contributed by atoms with van der Waals surface area (Å²) in [5, 5.41) is 9.08. The van der Waals surface area contributed by atoms with E-state index in [1.807, 2.05) is 0 Å². The molecule has 2 rings (SSSR count). The molecule has 0 spiro atoms.